The molecule has 0 aliphatic carbocycles. The van der Waals surface area contributed by atoms with Gasteiger partial charge in [-0.05, 0) is 12.1 Å². The quantitative estimate of drug-likeness (QED) is 0.830. The molecule has 0 saturated carbocycles. The van der Waals surface area contributed by atoms with Crippen molar-refractivity contribution in [3.63, 3.8) is 0 Å². The number of carbonyl (C=O) groups is 1. The molecule has 1 amide bonds. The average Bonchev–Trinajstić information content (AvgIpc) is 2.46. The van der Waals surface area contributed by atoms with Gasteiger partial charge >= 0.3 is 0 Å². The maximum atomic E-state index is 11.9. The molecule has 0 radical (unpaired) electrons. The molecule has 0 bridgehead atoms. The Morgan fingerprint density at radius 1 is 1.30 bits per heavy atom. The topological polar surface area (TPSA) is 77.8 Å². The SMILES string of the molecule is COCCNC(=O)c1cc(=O)c2ccc(OC)cc2o1. The maximum absolute atomic E-state index is 11.9. The standard InChI is InChI=1S/C14H15NO5/c1-18-6-5-15-14(17)13-8-11(16)10-4-3-9(19-2)7-12(10)20-13/h3-4,7-8H,5-6H2,1-2H3,(H,15,17). The number of hydrogen-bond donors (Lipinski definition) is 1. The highest BCUT2D eigenvalue weighted by molar-refractivity contribution is 5.93. The van der Waals surface area contributed by atoms with Crippen LogP contribution in [0.1, 0.15) is 10.6 Å². The average molecular weight is 277 g/mol. The summed E-state index contributed by atoms with van der Waals surface area (Å²) in [6.45, 7) is 0.729. The van der Waals surface area contributed by atoms with E-state index >= 15 is 0 Å². The van der Waals surface area contributed by atoms with E-state index in [2.05, 4.69) is 5.32 Å². The van der Waals surface area contributed by atoms with Crippen LogP contribution >= 0.6 is 0 Å². The van der Waals surface area contributed by atoms with Gasteiger partial charge in [0.15, 0.2) is 11.2 Å². The number of nitrogens with one attached hydrogen (secondary N) is 1. The highest BCUT2D eigenvalue weighted by atomic mass is 16.5. The van der Waals surface area contributed by atoms with E-state index in [-0.39, 0.29) is 11.2 Å². The summed E-state index contributed by atoms with van der Waals surface area (Å²) in [7, 11) is 3.05. The van der Waals surface area contributed by atoms with E-state index in [1.165, 1.54) is 20.3 Å². The molecule has 6 nitrogen and oxygen atoms in total. The third-order valence-corrected chi connectivity index (χ3v) is 2.75. The fraction of sp³-hybridized carbons (Fsp3) is 0.286. The Balaban J connectivity index is 2.35. The van der Waals surface area contributed by atoms with Crippen molar-refractivity contribution in [2.45, 2.75) is 0 Å². The predicted octanol–water partition coefficient (Wildman–Crippen LogP) is 1.18. The largest absolute Gasteiger partial charge is 0.497 e. The lowest BCUT2D eigenvalue weighted by Gasteiger charge is -2.05. The Hall–Kier alpha value is -2.34. The second kappa shape index (κ2) is 6.21. The first-order valence-electron chi connectivity index (χ1n) is 6.04. The van der Waals surface area contributed by atoms with Crippen molar-refractivity contribution < 1.29 is 18.7 Å². The Morgan fingerprint density at radius 3 is 2.80 bits per heavy atom. The molecule has 0 aliphatic rings. The van der Waals surface area contributed by atoms with Crippen LogP contribution in [0.3, 0.4) is 0 Å². The maximum Gasteiger partial charge on any atom is 0.287 e. The Kier molecular flexibility index (Phi) is 4.37. The summed E-state index contributed by atoms with van der Waals surface area (Å²) >= 11 is 0. The van der Waals surface area contributed by atoms with E-state index in [0.717, 1.165) is 0 Å². The van der Waals surface area contributed by atoms with E-state index < -0.39 is 5.91 Å². The Bertz CT molecular complexity index is 677. The van der Waals surface area contributed by atoms with Gasteiger partial charge in [-0.25, -0.2) is 0 Å². The number of ether oxygens (including phenoxy) is 2. The van der Waals surface area contributed by atoms with Crippen LogP contribution in [-0.2, 0) is 4.74 Å². The minimum Gasteiger partial charge on any atom is -0.497 e. The number of fused-ring (bicyclic) bond motifs is 1. The van der Waals surface area contributed by atoms with E-state index in [1.807, 2.05) is 0 Å². The van der Waals surface area contributed by atoms with Crippen molar-refractivity contribution >= 4 is 16.9 Å². The number of rotatable bonds is 5. The molecule has 106 valence electrons. The van der Waals surface area contributed by atoms with Crippen LogP contribution in [0.5, 0.6) is 5.75 Å². The fourth-order valence-electron chi connectivity index (χ4n) is 1.73. The van der Waals surface area contributed by atoms with Crippen molar-refractivity contribution in [1.29, 1.82) is 0 Å². The smallest absolute Gasteiger partial charge is 0.287 e. The number of methoxy groups -OCH3 is 2. The van der Waals surface area contributed by atoms with E-state index in [0.29, 0.717) is 29.9 Å². The predicted molar refractivity (Wildman–Crippen MR) is 73.2 cm³/mol. The second-order valence-electron chi connectivity index (χ2n) is 4.09. The van der Waals surface area contributed by atoms with Crippen LogP contribution in [-0.4, -0.2) is 33.3 Å². The summed E-state index contributed by atoms with van der Waals surface area (Å²) in [6, 6.07) is 6.02. The molecule has 20 heavy (non-hydrogen) atoms. The van der Waals surface area contributed by atoms with Gasteiger partial charge in [0.05, 0.1) is 19.1 Å². The van der Waals surface area contributed by atoms with Crippen LogP contribution in [0.25, 0.3) is 11.0 Å². The summed E-state index contributed by atoms with van der Waals surface area (Å²) in [5.41, 5.74) is 0.0412. The summed E-state index contributed by atoms with van der Waals surface area (Å²) in [5, 5.41) is 2.99. The van der Waals surface area contributed by atoms with Gasteiger partial charge in [-0.15, -0.1) is 0 Å². The van der Waals surface area contributed by atoms with Gasteiger partial charge in [0.1, 0.15) is 11.3 Å². The molecule has 2 aromatic rings. The second-order valence-corrected chi connectivity index (χ2v) is 4.09. The normalized spacial score (nSPS) is 10.5. The molecule has 6 heteroatoms. The van der Waals surface area contributed by atoms with Gasteiger partial charge in [-0.2, -0.15) is 0 Å². The van der Waals surface area contributed by atoms with Crippen LogP contribution in [0, 0.1) is 0 Å². The molecular weight excluding hydrogens is 262 g/mol. The minimum atomic E-state index is -0.455. The molecule has 1 aromatic heterocycles. The number of carbonyl (C=O) groups excluding carboxylic acids is 1. The summed E-state index contributed by atoms with van der Waals surface area (Å²) in [6.07, 6.45) is 0. The van der Waals surface area contributed by atoms with Gasteiger partial charge in [0, 0.05) is 25.8 Å². The molecule has 0 saturated heterocycles. The molecule has 2 rings (SSSR count). The molecular formula is C14H15NO5. The highest BCUT2D eigenvalue weighted by Crippen LogP contribution is 2.19. The van der Waals surface area contributed by atoms with Crippen molar-refractivity contribution in [2.75, 3.05) is 27.4 Å². The lowest BCUT2D eigenvalue weighted by molar-refractivity contribution is 0.0910. The van der Waals surface area contributed by atoms with Crippen LogP contribution in [0.4, 0.5) is 0 Å². The molecule has 0 aliphatic heterocycles. The number of hydrogen-bond acceptors (Lipinski definition) is 5. The van der Waals surface area contributed by atoms with E-state index in [9.17, 15) is 9.59 Å². The lowest BCUT2D eigenvalue weighted by Crippen LogP contribution is -2.27. The highest BCUT2D eigenvalue weighted by Gasteiger charge is 2.12. The van der Waals surface area contributed by atoms with Gasteiger partial charge in [0.25, 0.3) is 5.91 Å². The number of benzene rings is 1. The van der Waals surface area contributed by atoms with E-state index in [1.54, 1.807) is 18.2 Å². The Labute approximate surface area is 115 Å². The number of amides is 1. The lowest BCUT2D eigenvalue weighted by atomic mass is 10.2. The first kappa shape index (κ1) is 14.1. The van der Waals surface area contributed by atoms with E-state index in [4.69, 9.17) is 13.9 Å². The monoisotopic (exact) mass is 277 g/mol. The molecule has 0 atom stereocenters. The molecule has 0 fully saturated rings. The zero-order valence-corrected chi connectivity index (χ0v) is 11.3. The first-order valence-corrected chi connectivity index (χ1v) is 6.04. The first-order chi connectivity index (χ1) is 9.65. The Morgan fingerprint density at radius 2 is 2.10 bits per heavy atom. The van der Waals surface area contributed by atoms with Gasteiger partial charge in [-0.3, -0.25) is 9.59 Å². The van der Waals surface area contributed by atoms with Crippen molar-refractivity contribution in [3.8, 4) is 5.75 Å². The van der Waals surface area contributed by atoms with Gasteiger partial charge in [0.2, 0.25) is 0 Å². The van der Waals surface area contributed by atoms with Gasteiger partial charge < -0.3 is 19.2 Å². The van der Waals surface area contributed by atoms with Crippen LogP contribution in [0.2, 0.25) is 0 Å². The third kappa shape index (κ3) is 2.97. The molecule has 1 heterocycles. The molecule has 1 aromatic carbocycles. The van der Waals surface area contributed by atoms with Gasteiger partial charge in [-0.1, -0.05) is 0 Å². The van der Waals surface area contributed by atoms with Crippen molar-refractivity contribution in [3.05, 3.63) is 40.2 Å². The third-order valence-electron chi connectivity index (χ3n) is 2.75. The minimum absolute atomic E-state index is 0.0353. The molecule has 0 unspecified atom stereocenters. The molecule has 0 spiro atoms. The van der Waals surface area contributed by atoms with Crippen molar-refractivity contribution in [1.82, 2.24) is 5.32 Å². The fourth-order valence-corrected chi connectivity index (χ4v) is 1.73. The zero-order chi connectivity index (χ0) is 14.5. The molecule has 1 N–H and O–H groups in total. The zero-order valence-electron chi connectivity index (χ0n) is 11.3. The summed E-state index contributed by atoms with van der Waals surface area (Å²) in [4.78, 5) is 23.8. The van der Waals surface area contributed by atoms with Crippen LogP contribution < -0.4 is 15.5 Å². The summed E-state index contributed by atoms with van der Waals surface area (Å²) < 4.78 is 15.3. The summed E-state index contributed by atoms with van der Waals surface area (Å²) in [5.74, 6) is 0.0633. The van der Waals surface area contributed by atoms with Crippen LogP contribution in [0.15, 0.2) is 33.5 Å². The van der Waals surface area contributed by atoms with Crippen molar-refractivity contribution in [2.24, 2.45) is 0 Å².